The highest BCUT2D eigenvalue weighted by Gasteiger charge is 2.47. The number of pyridine rings is 1. The zero-order chi connectivity index (χ0) is 25.4. The number of carbonyl (C=O) groups is 2. The molecule has 8 nitrogen and oxygen atoms in total. The molecule has 0 spiro atoms. The molecular formula is C28H26N2O6. The quantitative estimate of drug-likeness (QED) is 0.319. The number of Topliss-reactive ketones (excluding diaryl/α,β-unsaturated/α-hetero) is 1. The number of ketones is 1. The molecule has 2 aliphatic rings. The van der Waals surface area contributed by atoms with Crippen LogP contribution in [-0.2, 0) is 22.6 Å². The van der Waals surface area contributed by atoms with Crippen molar-refractivity contribution in [3.8, 4) is 17.2 Å². The van der Waals surface area contributed by atoms with Gasteiger partial charge in [0.05, 0.1) is 25.8 Å². The van der Waals surface area contributed by atoms with Crippen molar-refractivity contribution in [3.63, 3.8) is 0 Å². The average molecular weight is 487 g/mol. The third-order valence-electron chi connectivity index (χ3n) is 6.52. The van der Waals surface area contributed by atoms with E-state index in [1.54, 1.807) is 55.9 Å². The van der Waals surface area contributed by atoms with E-state index in [-0.39, 0.29) is 24.0 Å². The Bertz CT molecular complexity index is 1370. The van der Waals surface area contributed by atoms with Gasteiger partial charge in [-0.25, -0.2) is 0 Å². The Morgan fingerprint density at radius 3 is 2.69 bits per heavy atom. The van der Waals surface area contributed by atoms with Crippen molar-refractivity contribution in [1.29, 1.82) is 0 Å². The SMILES string of the molecule is COc1ccc([C@H]2C(=C(O)c3ccc4c(c3)C[C@H](C)O4)C(=O)C(=O)N2Cc2cccnc2)c(OC)c1. The largest absolute Gasteiger partial charge is 0.507 e. The number of ether oxygens (including phenoxy) is 3. The van der Waals surface area contributed by atoms with E-state index in [0.717, 1.165) is 16.9 Å². The fourth-order valence-electron chi connectivity index (χ4n) is 4.82. The first-order valence-corrected chi connectivity index (χ1v) is 11.6. The van der Waals surface area contributed by atoms with Crippen LogP contribution >= 0.6 is 0 Å². The molecule has 36 heavy (non-hydrogen) atoms. The highest BCUT2D eigenvalue weighted by atomic mass is 16.5. The topological polar surface area (TPSA) is 98.2 Å². The predicted octanol–water partition coefficient (Wildman–Crippen LogP) is 4.04. The Labute approximate surface area is 208 Å². The van der Waals surface area contributed by atoms with Crippen LogP contribution in [0.15, 0.2) is 66.5 Å². The third kappa shape index (κ3) is 4.04. The molecule has 1 saturated heterocycles. The van der Waals surface area contributed by atoms with Crippen molar-refractivity contribution in [1.82, 2.24) is 9.88 Å². The number of rotatable bonds is 6. The molecule has 3 heterocycles. The lowest BCUT2D eigenvalue weighted by molar-refractivity contribution is -0.140. The Balaban J connectivity index is 1.67. The van der Waals surface area contributed by atoms with Crippen LogP contribution in [-0.4, -0.2) is 47.0 Å². The van der Waals surface area contributed by atoms with Crippen LogP contribution in [0, 0.1) is 0 Å². The van der Waals surface area contributed by atoms with Gasteiger partial charge in [0.2, 0.25) is 0 Å². The minimum Gasteiger partial charge on any atom is -0.507 e. The summed E-state index contributed by atoms with van der Waals surface area (Å²) in [6.45, 7) is 2.10. The molecule has 0 radical (unpaired) electrons. The van der Waals surface area contributed by atoms with Crippen LogP contribution in [0.1, 0.15) is 35.2 Å². The molecule has 0 aliphatic carbocycles. The number of methoxy groups -OCH3 is 2. The predicted molar refractivity (Wildman–Crippen MR) is 132 cm³/mol. The first kappa shape index (κ1) is 23.4. The monoisotopic (exact) mass is 486 g/mol. The number of aromatic nitrogens is 1. The van der Waals surface area contributed by atoms with Crippen molar-refractivity contribution in [2.24, 2.45) is 0 Å². The van der Waals surface area contributed by atoms with Gasteiger partial charge in [0, 0.05) is 42.6 Å². The normalized spacial score (nSPS) is 20.2. The zero-order valence-electron chi connectivity index (χ0n) is 20.2. The number of hydrogen-bond acceptors (Lipinski definition) is 7. The molecule has 5 rings (SSSR count). The van der Waals surface area contributed by atoms with E-state index in [4.69, 9.17) is 14.2 Å². The van der Waals surface area contributed by atoms with Crippen LogP contribution in [0.3, 0.4) is 0 Å². The van der Waals surface area contributed by atoms with E-state index in [0.29, 0.717) is 29.0 Å². The molecular weight excluding hydrogens is 460 g/mol. The number of fused-ring (bicyclic) bond motifs is 1. The summed E-state index contributed by atoms with van der Waals surface area (Å²) in [5, 5.41) is 11.4. The molecule has 1 aromatic heterocycles. The minimum atomic E-state index is -0.880. The second-order valence-corrected chi connectivity index (χ2v) is 8.85. The van der Waals surface area contributed by atoms with Gasteiger partial charge in [0.15, 0.2) is 0 Å². The molecule has 2 aliphatic heterocycles. The van der Waals surface area contributed by atoms with E-state index in [1.165, 1.54) is 12.0 Å². The summed E-state index contributed by atoms with van der Waals surface area (Å²) in [6.07, 6.45) is 4.01. The molecule has 1 N–H and O–H groups in total. The van der Waals surface area contributed by atoms with Crippen molar-refractivity contribution in [2.45, 2.75) is 32.0 Å². The Morgan fingerprint density at radius 1 is 1.14 bits per heavy atom. The second-order valence-electron chi connectivity index (χ2n) is 8.85. The van der Waals surface area contributed by atoms with Gasteiger partial charge in [-0.05, 0) is 54.4 Å². The van der Waals surface area contributed by atoms with Gasteiger partial charge in [-0.3, -0.25) is 14.6 Å². The lowest BCUT2D eigenvalue weighted by atomic mass is 9.93. The van der Waals surface area contributed by atoms with Crippen LogP contribution in [0.25, 0.3) is 5.76 Å². The molecule has 8 heteroatoms. The Hall–Kier alpha value is -4.33. The van der Waals surface area contributed by atoms with E-state index in [9.17, 15) is 14.7 Å². The number of aliphatic hydroxyl groups excluding tert-OH is 1. The van der Waals surface area contributed by atoms with E-state index < -0.39 is 17.7 Å². The summed E-state index contributed by atoms with van der Waals surface area (Å²) in [5.41, 5.74) is 2.69. The summed E-state index contributed by atoms with van der Waals surface area (Å²) in [4.78, 5) is 32.3. The first-order chi connectivity index (χ1) is 17.4. The minimum absolute atomic E-state index is 0.000675. The van der Waals surface area contributed by atoms with Crippen LogP contribution in [0.2, 0.25) is 0 Å². The summed E-state index contributed by atoms with van der Waals surface area (Å²) in [5.74, 6) is 0.0366. The highest BCUT2D eigenvalue weighted by Crippen LogP contribution is 2.44. The summed E-state index contributed by atoms with van der Waals surface area (Å²) in [6, 6.07) is 13.2. The molecule has 0 bridgehead atoms. The van der Waals surface area contributed by atoms with Crippen molar-refractivity contribution >= 4 is 17.4 Å². The lowest BCUT2D eigenvalue weighted by Crippen LogP contribution is -2.29. The van der Waals surface area contributed by atoms with E-state index in [1.807, 2.05) is 19.1 Å². The van der Waals surface area contributed by atoms with Crippen molar-refractivity contribution in [3.05, 3.63) is 88.8 Å². The number of likely N-dealkylation sites (tertiary alicyclic amines) is 1. The molecule has 3 aromatic rings. The van der Waals surface area contributed by atoms with E-state index >= 15 is 0 Å². The number of hydrogen-bond donors (Lipinski definition) is 1. The molecule has 0 saturated carbocycles. The van der Waals surface area contributed by atoms with Crippen LogP contribution in [0.5, 0.6) is 17.2 Å². The first-order valence-electron chi connectivity index (χ1n) is 11.6. The number of benzene rings is 2. The summed E-state index contributed by atoms with van der Waals surface area (Å²) >= 11 is 0. The average Bonchev–Trinajstić information content (AvgIpc) is 3.39. The van der Waals surface area contributed by atoms with Gasteiger partial charge >= 0.3 is 0 Å². The zero-order valence-corrected chi connectivity index (χ0v) is 20.2. The smallest absolute Gasteiger partial charge is 0.295 e. The fraction of sp³-hybridized carbons (Fsp3) is 0.250. The molecule has 0 unspecified atom stereocenters. The Kier molecular flexibility index (Phi) is 6.10. The van der Waals surface area contributed by atoms with Crippen molar-refractivity contribution < 1.29 is 28.9 Å². The maximum Gasteiger partial charge on any atom is 0.295 e. The summed E-state index contributed by atoms with van der Waals surface area (Å²) in [7, 11) is 3.05. The maximum atomic E-state index is 13.4. The van der Waals surface area contributed by atoms with Gasteiger partial charge < -0.3 is 24.2 Å². The molecule has 1 amide bonds. The Morgan fingerprint density at radius 2 is 1.97 bits per heavy atom. The second kappa shape index (κ2) is 9.37. The van der Waals surface area contributed by atoms with Crippen LogP contribution in [0.4, 0.5) is 0 Å². The van der Waals surface area contributed by atoms with E-state index in [2.05, 4.69) is 4.98 Å². The van der Waals surface area contributed by atoms with Gasteiger partial charge in [-0.1, -0.05) is 6.07 Å². The molecule has 2 atom stereocenters. The van der Waals surface area contributed by atoms with Gasteiger partial charge in [-0.15, -0.1) is 0 Å². The molecule has 1 fully saturated rings. The number of carbonyl (C=O) groups excluding carboxylic acids is 2. The standard InChI is InChI=1S/C28H26N2O6/c1-16-11-19-12-18(6-9-22(19)36-16)26(31)24-25(21-8-7-20(34-2)13-23(21)35-3)30(28(33)27(24)32)15-17-5-4-10-29-14-17/h4-10,12-14,16,25,31H,11,15H2,1-3H3/t16-,25-/m0/s1. The number of aliphatic hydroxyl groups is 1. The third-order valence-corrected chi connectivity index (χ3v) is 6.52. The molecule has 184 valence electrons. The number of nitrogens with zero attached hydrogens (tertiary/aromatic N) is 2. The van der Waals surface area contributed by atoms with Crippen molar-refractivity contribution in [2.75, 3.05) is 14.2 Å². The molecule has 2 aromatic carbocycles. The number of amides is 1. The van der Waals surface area contributed by atoms with Gasteiger partial charge in [-0.2, -0.15) is 0 Å². The highest BCUT2D eigenvalue weighted by molar-refractivity contribution is 6.46. The summed E-state index contributed by atoms with van der Waals surface area (Å²) < 4.78 is 16.7. The maximum absolute atomic E-state index is 13.4. The van der Waals surface area contributed by atoms with Crippen LogP contribution < -0.4 is 14.2 Å². The van der Waals surface area contributed by atoms with Gasteiger partial charge in [0.1, 0.15) is 29.1 Å². The fourth-order valence-corrected chi connectivity index (χ4v) is 4.82. The van der Waals surface area contributed by atoms with Gasteiger partial charge in [0.25, 0.3) is 11.7 Å². The lowest BCUT2D eigenvalue weighted by Gasteiger charge is -2.27.